The number of rotatable bonds is 0. The van der Waals surface area contributed by atoms with Gasteiger partial charge in [-0.25, -0.2) is 0 Å². The van der Waals surface area contributed by atoms with Crippen molar-refractivity contribution >= 4 is 86.2 Å². The Kier molecular flexibility index (Phi) is 3.36. The molecule has 0 radical (unpaired) electrons. The van der Waals surface area contributed by atoms with E-state index in [0.717, 1.165) is 0 Å². The predicted molar refractivity (Wildman–Crippen MR) is 158 cm³/mol. The maximum Gasteiger partial charge on any atom is -0.00139 e. The second-order valence-corrected chi connectivity index (χ2v) is 10.1. The summed E-state index contributed by atoms with van der Waals surface area (Å²) in [5.41, 5.74) is 0. The van der Waals surface area contributed by atoms with Gasteiger partial charge in [0, 0.05) is 0 Å². The quantitative estimate of drug-likeness (QED) is 0.159. The molecule has 0 unspecified atom stereocenters. The smallest absolute Gasteiger partial charge is 0.00139 e. The van der Waals surface area contributed by atoms with E-state index in [-0.39, 0.29) is 0 Å². The fraction of sp³-hybridized carbons (Fsp3) is 0. The van der Waals surface area contributed by atoms with Crippen LogP contribution in [-0.4, -0.2) is 0 Å². The molecule has 0 saturated heterocycles. The fourth-order valence-corrected chi connectivity index (χ4v) is 6.66. The Hall–Kier alpha value is -4.68. The zero-order valence-corrected chi connectivity index (χ0v) is 19.5. The first-order valence-corrected chi connectivity index (χ1v) is 12.6. The van der Waals surface area contributed by atoms with Crippen molar-refractivity contribution in [2.24, 2.45) is 0 Å². The van der Waals surface area contributed by atoms with Crippen LogP contribution in [0.1, 0.15) is 0 Å². The first-order chi connectivity index (χ1) is 17.8. The van der Waals surface area contributed by atoms with E-state index in [0.29, 0.717) is 0 Å². The van der Waals surface area contributed by atoms with Crippen molar-refractivity contribution in [1.82, 2.24) is 0 Å². The molecule has 0 saturated carbocycles. The van der Waals surface area contributed by atoms with Gasteiger partial charge >= 0.3 is 0 Å². The van der Waals surface area contributed by atoms with Crippen molar-refractivity contribution in [2.75, 3.05) is 0 Å². The van der Waals surface area contributed by atoms with Gasteiger partial charge in [0.2, 0.25) is 0 Å². The van der Waals surface area contributed by atoms with E-state index >= 15 is 0 Å². The molecule has 0 amide bonds. The van der Waals surface area contributed by atoms with E-state index in [1.54, 1.807) is 0 Å². The molecule has 0 spiro atoms. The van der Waals surface area contributed by atoms with Crippen LogP contribution in [0.15, 0.2) is 121 Å². The predicted octanol–water partition coefficient (Wildman–Crippen LogP) is 10.3. The van der Waals surface area contributed by atoms with Crippen LogP contribution < -0.4 is 0 Å². The average molecular weight is 453 g/mol. The molecule has 9 rings (SSSR count). The van der Waals surface area contributed by atoms with Crippen LogP contribution in [0.3, 0.4) is 0 Å². The number of benzene rings is 9. The molecule has 0 N–H and O–H groups in total. The lowest BCUT2D eigenvalue weighted by Crippen LogP contribution is -1.90. The summed E-state index contributed by atoms with van der Waals surface area (Å²) < 4.78 is 0. The largest absolute Gasteiger partial charge is 0.0616 e. The molecule has 9 aromatic rings. The lowest BCUT2D eigenvalue weighted by Gasteiger charge is -2.18. The standard InChI is InChI=1S/C36H20/c1-2-8-22-16-26-20-34-30-14-6-12-28-32-18-24-10-4-3-9-23(24)17-31(32)27-11-5-13-29(35(27)36(28)30)33(34)19-25(26)15-21(22)7-1/h1-20H. The maximum atomic E-state index is 2.41. The Morgan fingerprint density at radius 2 is 0.528 bits per heavy atom. The van der Waals surface area contributed by atoms with Crippen molar-refractivity contribution in [3.63, 3.8) is 0 Å². The molecule has 0 aliphatic heterocycles. The third-order valence-corrected chi connectivity index (χ3v) is 8.27. The molecule has 0 aromatic heterocycles. The van der Waals surface area contributed by atoms with Gasteiger partial charge in [-0.1, -0.05) is 84.9 Å². The molecular weight excluding hydrogens is 432 g/mol. The van der Waals surface area contributed by atoms with Gasteiger partial charge < -0.3 is 0 Å². The number of hydrogen-bond donors (Lipinski definition) is 0. The molecule has 0 heteroatoms. The lowest BCUT2D eigenvalue weighted by molar-refractivity contribution is 1.79. The third-order valence-electron chi connectivity index (χ3n) is 8.27. The van der Waals surface area contributed by atoms with Crippen molar-refractivity contribution < 1.29 is 0 Å². The first kappa shape index (κ1) is 18.6. The fourth-order valence-electron chi connectivity index (χ4n) is 6.66. The SMILES string of the molecule is c1ccc2cc3cc4c(cc3cc2c1)c1cccc2c3cc5ccccc5cc3c3cccc4c3c21. The Labute approximate surface area is 207 Å². The van der Waals surface area contributed by atoms with Gasteiger partial charge in [-0.3, -0.25) is 0 Å². The first-order valence-electron chi connectivity index (χ1n) is 12.6. The Morgan fingerprint density at radius 3 is 0.889 bits per heavy atom. The molecule has 0 nitrogen and oxygen atoms in total. The average Bonchev–Trinajstić information content (AvgIpc) is 2.94. The van der Waals surface area contributed by atoms with Crippen molar-refractivity contribution in [1.29, 1.82) is 0 Å². The molecule has 0 aliphatic carbocycles. The van der Waals surface area contributed by atoms with E-state index < -0.39 is 0 Å². The number of fused-ring (bicyclic) bond motifs is 9. The Balaban J connectivity index is 1.58. The summed E-state index contributed by atoms with van der Waals surface area (Å²) in [6.45, 7) is 0. The maximum absolute atomic E-state index is 2.41. The van der Waals surface area contributed by atoms with Gasteiger partial charge in [0.1, 0.15) is 0 Å². The summed E-state index contributed by atoms with van der Waals surface area (Å²) in [5.74, 6) is 0. The van der Waals surface area contributed by atoms with E-state index in [2.05, 4.69) is 121 Å². The van der Waals surface area contributed by atoms with Crippen LogP contribution in [0, 0.1) is 0 Å². The highest BCUT2D eigenvalue weighted by Gasteiger charge is 2.17. The summed E-state index contributed by atoms with van der Waals surface area (Å²) in [6.07, 6.45) is 0. The molecule has 0 aliphatic rings. The summed E-state index contributed by atoms with van der Waals surface area (Å²) in [7, 11) is 0. The zero-order valence-electron chi connectivity index (χ0n) is 19.5. The topological polar surface area (TPSA) is 0 Å². The van der Waals surface area contributed by atoms with E-state index in [9.17, 15) is 0 Å². The van der Waals surface area contributed by atoms with Gasteiger partial charge in [-0.05, 0) is 123 Å². The minimum atomic E-state index is 1.29. The van der Waals surface area contributed by atoms with Crippen LogP contribution in [0.2, 0.25) is 0 Å². The van der Waals surface area contributed by atoms with Crippen LogP contribution >= 0.6 is 0 Å². The van der Waals surface area contributed by atoms with Gasteiger partial charge in [0.25, 0.3) is 0 Å². The molecule has 0 bridgehead atoms. The van der Waals surface area contributed by atoms with Gasteiger partial charge in [0.05, 0.1) is 0 Å². The zero-order chi connectivity index (χ0) is 23.4. The van der Waals surface area contributed by atoms with Gasteiger partial charge in [-0.15, -0.1) is 0 Å². The Bertz CT molecular complexity index is 2190. The molecule has 0 atom stereocenters. The van der Waals surface area contributed by atoms with Crippen LogP contribution in [0.25, 0.3) is 86.2 Å². The van der Waals surface area contributed by atoms with Crippen LogP contribution in [0.4, 0.5) is 0 Å². The summed E-state index contributed by atoms with van der Waals surface area (Å²) in [4.78, 5) is 0. The number of hydrogen-bond acceptors (Lipinski definition) is 0. The van der Waals surface area contributed by atoms with Gasteiger partial charge in [0.15, 0.2) is 0 Å². The highest BCUT2D eigenvalue weighted by atomic mass is 14.2. The van der Waals surface area contributed by atoms with Crippen LogP contribution in [0.5, 0.6) is 0 Å². The highest BCUT2D eigenvalue weighted by molar-refractivity contribution is 6.41. The molecule has 0 heterocycles. The molecule has 0 fully saturated rings. The van der Waals surface area contributed by atoms with Crippen LogP contribution in [-0.2, 0) is 0 Å². The summed E-state index contributed by atoms with van der Waals surface area (Å²) in [6, 6.07) is 45.4. The van der Waals surface area contributed by atoms with Crippen molar-refractivity contribution in [3.05, 3.63) is 121 Å². The summed E-state index contributed by atoms with van der Waals surface area (Å²) in [5, 5.41) is 21.3. The molecule has 9 aromatic carbocycles. The second kappa shape index (κ2) is 6.50. The Morgan fingerprint density at radius 1 is 0.222 bits per heavy atom. The summed E-state index contributed by atoms with van der Waals surface area (Å²) >= 11 is 0. The highest BCUT2D eigenvalue weighted by Crippen LogP contribution is 2.46. The van der Waals surface area contributed by atoms with Crippen molar-refractivity contribution in [3.8, 4) is 0 Å². The monoisotopic (exact) mass is 452 g/mol. The van der Waals surface area contributed by atoms with E-state index in [1.165, 1.54) is 86.2 Å². The van der Waals surface area contributed by atoms with Gasteiger partial charge in [-0.2, -0.15) is 0 Å². The molecule has 164 valence electrons. The van der Waals surface area contributed by atoms with E-state index in [4.69, 9.17) is 0 Å². The molecule has 36 heavy (non-hydrogen) atoms. The normalized spacial score (nSPS) is 12.4. The lowest BCUT2D eigenvalue weighted by atomic mass is 9.85. The second-order valence-electron chi connectivity index (χ2n) is 10.1. The van der Waals surface area contributed by atoms with E-state index in [1.807, 2.05) is 0 Å². The third kappa shape index (κ3) is 2.29. The van der Waals surface area contributed by atoms with Crippen molar-refractivity contribution in [2.45, 2.75) is 0 Å². The molecular formula is C36H20. The minimum absolute atomic E-state index is 1.29. The minimum Gasteiger partial charge on any atom is -0.0616 e.